The lowest BCUT2D eigenvalue weighted by Crippen LogP contribution is -2.56. The van der Waals surface area contributed by atoms with Crippen LogP contribution in [0.3, 0.4) is 0 Å². The van der Waals surface area contributed by atoms with Crippen molar-refractivity contribution in [1.29, 1.82) is 0 Å². The fraction of sp³-hybridized carbons (Fsp3) is 0.321. The van der Waals surface area contributed by atoms with Crippen LogP contribution in [0.25, 0.3) is 0 Å². The molecule has 1 saturated heterocycles. The lowest BCUT2D eigenvalue weighted by molar-refractivity contribution is -0.111. The number of rotatable bonds is 13. The molecule has 12 nitrogen and oxygen atoms in total. The molecule has 1 aliphatic heterocycles. The van der Waals surface area contributed by atoms with Crippen LogP contribution in [0.2, 0.25) is 0 Å². The Morgan fingerprint density at radius 3 is 2.51 bits per heavy atom. The third kappa shape index (κ3) is 7.31. The maximum absolute atomic E-state index is 12.8. The Balaban J connectivity index is 1.49. The number of amides is 1. The number of hydrogen-bond donors (Lipinski definition) is 2. The number of ether oxygens (including phenoxy) is 2. The van der Waals surface area contributed by atoms with Gasteiger partial charge in [0.15, 0.2) is 0 Å². The Morgan fingerprint density at radius 2 is 1.85 bits per heavy atom. The fourth-order valence-electron chi connectivity index (χ4n) is 4.08. The number of nitrogens with zero attached hydrogens (tertiary/aromatic N) is 5. The maximum Gasteiger partial charge on any atom is 0.247 e. The SMILES string of the molecule is C=CC(=O)Nc1cc(Nc2nccc(OC3CN(S(=O)(=O)c4ccccc4)C3)n2)c(OC)cc1N(C)CCN(C)C. The summed E-state index contributed by atoms with van der Waals surface area (Å²) in [6.07, 6.45) is 2.40. The summed E-state index contributed by atoms with van der Waals surface area (Å²) >= 11 is 0. The second-order valence-corrected chi connectivity index (χ2v) is 11.6. The summed E-state index contributed by atoms with van der Waals surface area (Å²) in [5.41, 5.74) is 1.85. The molecule has 1 aromatic heterocycles. The largest absolute Gasteiger partial charge is 0.494 e. The molecular weight excluding hydrogens is 546 g/mol. The van der Waals surface area contributed by atoms with Crippen molar-refractivity contribution in [2.24, 2.45) is 0 Å². The monoisotopic (exact) mass is 581 g/mol. The number of sulfonamides is 1. The smallest absolute Gasteiger partial charge is 0.247 e. The molecule has 0 spiro atoms. The average molecular weight is 582 g/mol. The molecule has 2 aromatic carbocycles. The van der Waals surface area contributed by atoms with Crippen LogP contribution >= 0.6 is 0 Å². The zero-order valence-electron chi connectivity index (χ0n) is 23.6. The molecule has 1 aliphatic rings. The van der Waals surface area contributed by atoms with Crippen LogP contribution in [0.15, 0.2) is 72.3 Å². The summed E-state index contributed by atoms with van der Waals surface area (Å²) < 4.78 is 38.5. The molecule has 0 saturated carbocycles. The Morgan fingerprint density at radius 1 is 1.12 bits per heavy atom. The molecule has 4 rings (SSSR count). The zero-order valence-corrected chi connectivity index (χ0v) is 24.4. The van der Waals surface area contributed by atoms with Crippen molar-refractivity contribution < 1.29 is 22.7 Å². The van der Waals surface area contributed by atoms with Crippen molar-refractivity contribution in [3.63, 3.8) is 0 Å². The second kappa shape index (κ2) is 13.0. The minimum atomic E-state index is -3.56. The van der Waals surface area contributed by atoms with Gasteiger partial charge in [0.05, 0.1) is 42.2 Å². The molecule has 0 radical (unpaired) electrons. The van der Waals surface area contributed by atoms with Crippen LogP contribution in [-0.2, 0) is 14.8 Å². The van der Waals surface area contributed by atoms with Gasteiger partial charge >= 0.3 is 0 Å². The number of likely N-dealkylation sites (N-methyl/N-ethyl adjacent to an activating group) is 2. The normalized spacial score (nSPS) is 13.8. The van der Waals surface area contributed by atoms with E-state index in [-0.39, 0.29) is 35.9 Å². The van der Waals surface area contributed by atoms with Gasteiger partial charge in [-0.15, -0.1) is 0 Å². The number of aromatic nitrogens is 2. The van der Waals surface area contributed by atoms with E-state index in [0.717, 1.165) is 12.2 Å². The summed E-state index contributed by atoms with van der Waals surface area (Å²) in [4.78, 5) is 25.3. The first kappa shape index (κ1) is 29.8. The molecule has 2 N–H and O–H groups in total. The van der Waals surface area contributed by atoms with Crippen molar-refractivity contribution in [1.82, 2.24) is 19.2 Å². The highest BCUT2D eigenvalue weighted by Crippen LogP contribution is 2.38. The van der Waals surface area contributed by atoms with Gasteiger partial charge in [-0.3, -0.25) is 4.79 Å². The van der Waals surface area contributed by atoms with E-state index in [9.17, 15) is 13.2 Å². The van der Waals surface area contributed by atoms with Crippen LogP contribution in [0, 0.1) is 0 Å². The topological polar surface area (TPSA) is 129 Å². The lowest BCUT2D eigenvalue weighted by Gasteiger charge is -2.37. The summed E-state index contributed by atoms with van der Waals surface area (Å²) in [5.74, 6) is 0.704. The minimum absolute atomic E-state index is 0.215. The van der Waals surface area contributed by atoms with Gasteiger partial charge in [0, 0.05) is 38.5 Å². The van der Waals surface area contributed by atoms with Gasteiger partial charge in [0.2, 0.25) is 27.8 Å². The Bertz CT molecular complexity index is 1480. The van der Waals surface area contributed by atoms with E-state index >= 15 is 0 Å². The highest BCUT2D eigenvalue weighted by atomic mass is 32.2. The van der Waals surface area contributed by atoms with E-state index in [0.29, 0.717) is 29.5 Å². The zero-order chi connectivity index (χ0) is 29.6. The van der Waals surface area contributed by atoms with Crippen LogP contribution < -0.4 is 25.0 Å². The molecule has 2 heterocycles. The molecule has 0 atom stereocenters. The van der Waals surface area contributed by atoms with Gasteiger partial charge < -0.3 is 29.9 Å². The maximum atomic E-state index is 12.8. The van der Waals surface area contributed by atoms with Crippen molar-refractivity contribution in [2.75, 3.05) is 70.0 Å². The molecule has 0 unspecified atom stereocenters. The third-order valence-electron chi connectivity index (χ3n) is 6.41. The fourth-order valence-corrected chi connectivity index (χ4v) is 5.60. The van der Waals surface area contributed by atoms with Crippen LogP contribution in [-0.4, -0.2) is 94.0 Å². The molecule has 0 aliphatic carbocycles. The number of benzene rings is 2. The molecule has 218 valence electrons. The molecule has 1 amide bonds. The molecule has 1 fully saturated rings. The number of carbonyl (C=O) groups excluding carboxylic acids is 1. The summed E-state index contributed by atoms with van der Waals surface area (Å²) in [5, 5.41) is 6.00. The highest BCUT2D eigenvalue weighted by molar-refractivity contribution is 7.89. The van der Waals surface area contributed by atoms with Gasteiger partial charge in [-0.1, -0.05) is 24.8 Å². The summed E-state index contributed by atoms with van der Waals surface area (Å²) in [7, 11) is 3.91. The molecule has 41 heavy (non-hydrogen) atoms. The van der Waals surface area contributed by atoms with Crippen LogP contribution in [0.5, 0.6) is 11.6 Å². The van der Waals surface area contributed by atoms with Crippen LogP contribution in [0.1, 0.15) is 0 Å². The van der Waals surface area contributed by atoms with E-state index < -0.39 is 10.0 Å². The number of hydrogen-bond acceptors (Lipinski definition) is 10. The predicted octanol–water partition coefficient (Wildman–Crippen LogP) is 2.80. The number of methoxy groups -OCH3 is 1. The molecule has 3 aromatic rings. The standard InChI is InChI=1S/C28H35N7O5S/c1-6-26(36)30-22-16-23(25(39-5)17-24(22)34(4)15-14-33(2)3)31-28-29-13-12-27(32-28)40-20-18-35(19-20)41(37,38)21-10-8-7-9-11-21/h6-13,16-17,20H,1,14-15,18-19H2,2-5H3,(H,30,36)(H,29,31,32). The van der Waals surface area contributed by atoms with Gasteiger partial charge in [0.25, 0.3) is 0 Å². The predicted molar refractivity (Wildman–Crippen MR) is 159 cm³/mol. The average Bonchev–Trinajstić information content (AvgIpc) is 2.94. The molecular formula is C28H35N7O5S. The van der Waals surface area contributed by atoms with Crippen LogP contribution in [0.4, 0.5) is 23.0 Å². The van der Waals surface area contributed by atoms with Gasteiger partial charge in [-0.05, 0) is 38.4 Å². The Hall–Kier alpha value is -4.20. The van der Waals surface area contributed by atoms with E-state index in [2.05, 4.69) is 32.1 Å². The Labute approximate surface area is 240 Å². The number of anilines is 4. The van der Waals surface area contributed by atoms with E-state index in [1.165, 1.54) is 16.6 Å². The number of nitrogens with one attached hydrogen (secondary N) is 2. The van der Waals surface area contributed by atoms with E-state index in [1.54, 1.807) is 49.6 Å². The molecule has 0 bridgehead atoms. The van der Waals surface area contributed by atoms with Crippen molar-refractivity contribution in [3.8, 4) is 11.6 Å². The number of carbonyl (C=O) groups is 1. The first-order valence-corrected chi connectivity index (χ1v) is 14.4. The molecule has 13 heteroatoms. The third-order valence-corrected chi connectivity index (χ3v) is 8.26. The van der Waals surface area contributed by atoms with Gasteiger partial charge in [-0.25, -0.2) is 13.4 Å². The summed E-state index contributed by atoms with van der Waals surface area (Å²) in [6.45, 7) is 5.51. The first-order chi connectivity index (χ1) is 19.6. The second-order valence-electron chi connectivity index (χ2n) is 9.71. The summed E-state index contributed by atoms with van der Waals surface area (Å²) in [6, 6.07) is 13.5. The van der Waals surface area contributed by atoms with Gasteiger partial charge in [-0.2, -0.15) is 9.29 Å². The highest BCUT2D eigenvalue weighted by Gasteiger charge is 2.38. The van der Waals surface area contributed by atoms with E-state index in [1.807, 2.05) is 32.1 Å². The quantitative estimate of drug-likeness (QED) is 0.291. The van der Waals surface area contributed by atoms with Gasteiger partial charge in [0.1, 0.15) is 11.9 Å². The van der Waals surface area contributed by atoms with Crippen molar-refractivity contribution in [2.45, 2.75) is 11.0 Å². The Kier molecular flexibility index (Phi) is 9.42. The first-order valence-electron chi connectivity index (χ1n) is 12.9. The lowest BCUT2D eigenvalue weighted by atomic mass is 10.2. The van der Waals surface area contributed by atoms with Crippen molar-refractivity contribution in [3.05, 3.63) is 67.4 Å². The van der Waals surface area contributed by atoms with Crippen molar-refractivity contribution >= 4 is 38.9 Å². The van der Waals surface area contributed by atoms with E-state index in [4.69, 9.17) is 9.47 Å². The minimum Gasteiger partial charge on any atom is -0.494 e.